The number of anilines is 1. The first-order chi connectivity index (χ1) is 16.7. The Hall–Kier alpha value is -2.95. The van der Waals surface area contributed by atoms with Crippen LogP contribution in [0.2, 0.25) is 0 Å². The molecule has 0 saturated heterocycles. The van der Waals surface area contributed by atoms with Gasteiger partial charge in [0.05, 0.1) is 36.2 Å². The number of carbonyl (C=O) groups is 1. The number of aromatic nitrogens is 2. The first-order valence-corrected chi connectivity index (χ1v) is 12.0. The number of benzene rings is 2. The average Bonchev–Trinajstić information content (AvgIpc) is 2.82. The highest BCUT2D eigenvalue weighted by Crippen LogP contribution is 2.34. The van der Waals surface area contributed by atoms with Crippen LogP contribution in [0.15, 0.2) is 47.1 Å². The maximum absolute atomic E-state index is 15.0. The molecule has 2 aromatic carbocycles. The van der Waals surface area contributed by atoms with E-state index >= 15 is 0 Å². The zero-order valence-corrected chi connectivity index (χ0v) is 20.3. The summed E-state index contributed by atoms with van der Waals surface area (Å²) in [6, 6.07) is 7.06. The van der Waals surface area contributed by atoms with Gasteiger partial charge in [0.1, 0.15) is 23.1 Å². The lowest BCUT2D eigenvalue weighted by molar-refractivity contribution is 0.0912. The number of hydrogen-bond donors (Lipinski definition) is 4. The fourth-order valence-electron chi connectivity index (χ4n) is 4.29. The quantitative estimate of drug-likeness (QED) is 0.366. The molecular formula is C25H25BrF2N4O3. The van der Waals surface area contributed by atoms with Gasteiger partial charge in [-0.3, -0.25) is 4.79 Å². The summed E-state index contributed by atoms with van der Waals surface area (Å²) in [4.78, 5) is 21.6. The summed E-state index contributed by atoms with van der Waals surface area (Å²) < 4.78 is 29.2. The maximum Gasteiger partial charge on any atom is 0.254 e. The molecule has 1 heterocycles. The lowest BCUT2D eigenvalue weighted by atomic mass is 9.85. The van der Waals surface area contributed by atoms with Crippen LogP contribution in [0.4, 0.5) is 14.6 Å². The smallest absolute Gasteiger partial charge is 0.254 e. The number of nitrogens with two attached hydrogens (primary N) is 1. The molecule has 5 N–H and O–H groups in total. The Morgan fingerprint density at radius 1 is 1.17 bits per heavy atom. The van der Waals surface area contributed by atoms with Gasteiger partial charge in [0.2, 0.25) is 0 Å². The monoisotopic (exact) mass is 546 g/mol. The van der Waals surface area contributed by atoms with E-state index in [1.807, 2.05) is 0 Å². The van der Waals surface area contributed by atoms with Crippen LogP contribution in [0.25, 0.3) is 11.3 Å². The molecule has 1 atom stereocenters. The molecule has 0 radical (unpaired) electrons. The van der Waals surface area contributed by atoms with Crippen LogP contribution in [0, 0.1) is 11.6 Å². The summed E-state index contributed by atoms with van der Waals surface area (Å²) in [7, 11) is 0. The fraction of sp³-hybridized carbons (Fsp3) is 0.320. The van der Waals surface area contributed by atoms with Crippen molar-refractivity contribution in [1.82, 2.24) is 15.3 Å². The van der Waals surface area contributed by atoms with Crippen molar-refractivity contribution in [2.24, 2.45) is 0 Å². The summed E-state index contributed by atoms with van der Waals surface area (Å²) in [5.74, 6) is -1.83. The molecule has 1 aliphatic rings. The third-order valence-corrected chi connectivity index (χ3v) is 6.65. The van der Waals surface area contributed by atoms with Gasteiger partial charge in [-0.2, -0.15) is 0 Å². The second-order valence-electron chi connectivity index (χ2n) is 8.64. The fourth-order valence-corrected chi connectivity index (χ4v) is 4.77. The number of halogens is 3. The molecule has 184 valence electrons. The van der Waals surface area contributed by atoms with Crippen molar-refractivity contribution < 1.29 is 23.8 Å². The average molecular weight is 547 g/mol. The largest absolute Gasteiger partial charge is 0.394 e. The van der Waals surface area contributed by atoms with Crippen LogP contribution in [-0.2, 0) is 0 Å². The minimum atomic E-state index is -0.930. The van der Waals surface area contributed by atoms with Crippen molar-refractivity contribution in [2.45, 2.75) is 43.7 Å². The second-order valence-corrected chi connectivity index (χ2v) is 9.56. The zero-order valence-electron chi connectivity index (χ0n) is 18.7. The second kappa shape index (κ2) is 10.8. The summed E-state index contributed by atoms with van der Waals surface area (Å²) in [5.41, 5.74) is 7.52. The van der Waals surface area contributed by atoms with E-state index in [2.05, 4.69) is 31.2 Å². The molecule has 1 aromatic heterocycles. The SMILES string of the molecule is Nc1ncc(C2CCC(O)CC2)nc1-c1ccc(C(=O)N[C@H](CO)c2cc(F)cc(Br)c2)c(F)c1. The van der Waals surface area contributed by atoms with Gasteiger partial charge in [-0.15, -0.1) is 0 Å². The van der Waals surface area contributed by atoms with Crippen LogP contribution in [0.5, 0.6) is 0 Å². The number of aliphatic hydroxyl groups is 2. The minimum Gasteiger partial charge on any atom is -0.394 e. The Labute approximate surface area is 209 Å². The standard InChI is InChI=1S/C25H25BrF2N4O3/c26-16-7-15(8-17(27)10-16)22(12-33)32-25(35)19-6-3-14(9-20(19)28)23-24(29)30-11-21(31-23)13-1-4-18(34)5-2-13/h3,6-11,13,18,22,33-34H,1-2,4-5,12H2,(H2,29,30)(H,32,35)/t13?,18?,22-/m1/s1. The molecule has 0 aliphatic heterocycles. The Kier molecular flexibility index (Phi) is 7.73. The molecule has 1 saturated carbocycles. The third-order valence-electron chi connectivity index (χ3n) is 6.20. The van der Waals surface area contributed by atoms with E-state index in [9.17, 15) is 23.8 Å². The van der Waals surface area contributed by atoms with Crippen LogP contribution in [0.1, 0.15) is 59.3 Å². The molecule has 1 fully saturated rings. The molecule has 1 amide bonds. The summed E-state index contributed by atoms with van der Waals surface area (Å²) >= 11 is 3.18. The Balaban J connectivity index is 1.55. The highest BCUT2D eigenvalue weighted by Gasteiger charge is 2.24. The van der Waals surface area contributed by atoms with E-state index < -0.39 is 30.2 Å². The van der Waals surface area contributed by atoms with Crippen molar-refractivity contribution >= 4 is 27.7 Å². The zero-order chi connectivity index (χ0) is 25.1. The van der Waals surface area contributed by atoms with Crippen molar-refractivity contribution in [3.05, 3.63) is 75.5 Å². The van der Waals surface area contributed by atoms with Gasteiger partial charge in [0, 0.05) is 16.0 Å². The number of rotatable bonds is 6. The van der Waals surface area contributed by atoms with Crippen LogP contribution in [0.3, 0.4) is 0 Å². The molecule has 3 aromatic rings. The predicted molar refractivity (Wildman–Crippen MR) is 130 cm³/mol. The number of nitrogens with zero attached hydrogens (tertiary/aromatic N) is 2. The lowest BCUT2D eigenvalue weighted by Crippen LogP contribution is -2.31. The van der Waals surface area contributed by atoms with Crippen molar-refractivity contribution in [3.8, 4) is 11.3 Å². The lowest BCUT2D eigenvalue weighted by Gasteiger charge is -2.25. The summed E-state index contributed by atoms with van der Waals surface area (Å²) in [6.45, 7) is -0.502. The van der Waals surface area contributed by atoms with Crippen LogP contribution < -0.4 is 11.1 Å². The van der Waals surface area contributed by atoms with E-state index in [1.165, 1.54) is 24.3 Å². The number of hydrogen-bond acceptors (Lipinski definition) is 6. The van der Waals surface area contributed by atoms with Crippen LogP contribution in [-0.4, -0.2) is 38.8 Å². The normalized spacial score (nSPS) is 18.8. The summed E-state index contributed by atoms with van der Waals surface area (Å²) in [5, 5.41) is 22.0. The van der Waals surface area contributed by atoms with Gasteiger partial charge in [-0.1, -0.05) is 22.0 Å². The first kappa shape index (κ1) is 25.2. The van der Waals surface area contributed by atoms with Gasteiger partial charge >= 0.3 is 0 Å². The molecule has 0 spiro atoms. The first-order valence-electron chi connectivity index (χ1n) is 11.2. The Morgan fingerprint density at radius 2 is 1.91 bits per heavy atom. The Bertz CT molecular complexity index is 1220. The van der Waals surface area contributed by atoms with Gasteiger partial charge < -0.3 is 21.3 Å². The van der Waals surface area contributed by atoms with Crippen molar-refractivity contribution in [2.75, 3.05) is 12.3 Å². The van der Waals surface area contributed by atoms with Crippen molar-refractivity contribution in [1.29, 1.82) is 0 Å². The number of carbonyl (C=O) groups excluding carboxylic acids is 1. The van der Waals surface area contributed by atoms with Gasteiger partial charge in [-0.25, -0.2) is 18.7 Å². The molecule has 4 rings (SSSR count). The minimum absolute atomic E-state index is 0.137. The highest BCUT2D eigenvalue weighted by atomic mass is 79.9. The molecule has 0 unspecified atom stereocenters. The van der Waals surface area contributed by atoms with E-state index in [4.69, 9.17) is 5.73 Å². The molecule has 35 heavy (non-hydrogen) atoms. The molecule has 1 aliphatic carbocycles. The molecule has 10 heteroatoms. The van der Waals surface area contributed by atoms with E-state index in [0.717, 1.165) is 24.6 Å². The predicted octanol–water partition coefficient (Wildman–Crippen LogP) is 4.25. The van der Waals surface area contributed by atoms with E-state index in [-0.39, 0.29) is 23.4 Å². The topological polar surface area (TPSA) is 121 Å². The molecule has 0 bridgehead atoms. The number of nitrogens with one attached hydrogen (secondary N) is 1. The van der Waals surface area contributed by atoms with Crippen LogP contribution >= 0.6 is 15.9 Å². The van der Waals surface area contributed by atoms with Gasteiger partial charge in [-0.05, 0) is 61.6 Å². The highest BCUT2D eigenvalue weighted by molar-refractivity contribution is 9.10. The maximum atomic E-state index is 15.0. The van der Waals surface area contributed by atoms with Gasteiger partial charge in [0.25, 0.3) is 5.91 Å². The van der Waals surface area contributed by atoms with Gasteiger partial charge in [0.15, 0.2) is 0 Å². The number of nitrogen functional groups attached to an aromatic ring is 1. The number of aliphatic hydroxyl groups excluding tert-OH is 2. The third kappa shape index (κ3) is 5.83. The molecule has 7 nitrogen and oxygen atoms in total. The van der Waals surface area contributed by atoms with E-state index in [0.29, 0.717) is 34.1 Å². The summed E-state index contributed by atoms with van der Waals surface area (Å²) in [6.07, 6.45) is 4.24. The number of amides is 1. The molecular weight excluding hydrogens is 522 g/mol. The van der Waals surface area contributed by atoms with E-state index in [1.54, 1.807) is 12.3 Å². The van der Waals surface area contributed by atoms with Crippen molar-refractivity contribution in [3.63, 3.8) is 0 Å². The Morgan fingerprint density at radius 3 is 2.57 bits per heavy atom.